The number of ether oxygens (including phenoxy) is 1. The summed E-state index contributed by atoms with van der Waals surface area (Å²) in [5.41, 5.74) is 0. The Morgan fingerprint density at radius 2 is 2.17 bits per heavy atom. The van der Waals surface area contributed by atoms with Crippen molar-refractivity contribution in [3.05, 3.63) is 0 Å². The van der Waals surface area contributed by atoms with E-state index in [1.54, 1.807) is 13.8 Å². The van der Waals surface area contributed by atoms with E-state index in [2.05, 4.69) is 5.32 Å². The molecular formula is C12H20N2O4. The molecule has 2 amide bonds. The first kappa shape index (κ1) is 14.6. The minimum Gasteiger partial charge on any atom is -0.465 e. The lowest BCUT2D eigenvalue weighted by molar-refractivity contribution is -0.145. The van der Waals surface area contributed by atoms with E-state index in [4.69, 9.17) is 4.74 Å². The van der Waals surface area contributed by atoms with Gasteiger partial charge in [-0.05, 0) is 20.3 Å². The van der Waals surface area contributed by atoms with E-state index < -0.39 is 18.1 Å². The fraction of sp³-hybridized carbons (Fsp3) is 0.750. The number of hydrogen-bond acceptors (Lipinski definition) is 5. The third-order valence-corrected chi connectivity index (χ3v) is 2.78. The van der Waals surface area contributed by atoms with E-state index >= 15 is 0 Å². The van der Waals surface area contributed by atoms with Crippen LogP contribution in [0.15, 0.2) is 0 Å². The molecule has 1 aliphatic heterocycles. The predicted molar refractivity (Wildman–Crippen MR) is 64.6 cm³/mol. The van der Waals surface area contributed by atoms with Gasteiger partial charge in [-0.25, -0.2) is 0 Å². The number of esters is 1. The second-order valence-electron chi connectivity index (χ2n) is 4.28. The molecule has 0 saturated carbocycles. The van der Waals surface area contributed by atoms with Crippen molar-refractivity contribution in [2.45, 2.75) is 45.7 Å². The number of hydrogen-bond donors (Lipinski definition) is 1. The molecule has 1 heterocycles. The number of likely N-dealkylation sites (tertiary alicyclic amines) is 1. The van der Waals surface area contributed by atoms with Crippen molar-refractivity contribution in [3.8, 4) is 0 Å². The zero-order chi connectivity index (χ0) is 13.7. The summed E-state index contributed by atoms with van der Waals surface area (Å²) >= 11 is 0. The molecule has 1 N–H and O–H groups in total. The highest BCUT2D eigenvalue weighted by Crippen LogP contribution is 2.14. The summed E-state index contributed by atoms with van der Waals surface area (Å²) in [5, 5.41) is 2.85. The third-order valence-electron chi connectivity index (χ3n) is 2.78. The van der Waals surface area contributed by atoms with Crippen molar-refractivity contribution in [3.63, 3.8) is 0 Å². The highest BCUT2D eigenvalue weighted by molar-refractivity contribution is 6.05. The summed E-state index contributed by atoms with van der Waals surface area (Å²) in [5.74, 6) is -0.847. The molecule has 0 aromatic rings. The van der Waals surface area contributed by atoms with Crippen molar-refractivity contribution in [2.24, 2.45) is 0 Å². The van der Waals surface area contributed by atoms with Gasteiger partial charge in [-0.1, -0.05) is 6.92 Å². The molecule has 0 bridgehead atoms. The van der Waals surface area contributed by atoms with Crippen LogP contribution < -0.4 is 5.32 Å². The molecule has 0 radical (unpaired) electrons. The minimum absolute atomic E-state index is 0.114. The second kappa shape index (κ2) is 6.49. The number of rotatable bonds is 6. The molecule has 1 rings (SSSR count). The standard InChI is InChI=1S/C12H20N2O4/c1-4-6-14-10(15)7-9(11(14)16)13-8(3)12(17)18-5-2/h8-9,13H,4-7H2,1-3H3. The van der Waals surface area contributed by atoms with Gasteiger partial charge in [-0.15, -0.1) is 0 Å². The van der Waals surface area contributed by atoms with Gasteiger partial charge in [0.05, 0.1) is 19.1 Å². The summed E-state index contributed by atoms with van der Waals surface area (Å²) in [7, 11) is 0. The molecule has 1 aliphatic rings. The third kappa shape index (κ3) is 3.29. The Morgan fingerprint density at radius 1 is 1.50 bits per heavy atom. The van der Waals surface area contributed by atoms with E-state index in [1.807, 2.05) is 6.92 Å². The number of amides is 2. The molecular weight excluding hydrogens is 236 g/mol. The van der Waals surface area contributed by atoms with Gasteiger partial charge in [0.15, 0.2) is 0 Å². The van der Waals surface area contributed by atoms with Crippen LogP contribution in [0.5, 0.6) is 0 Å². The van der Waals surface area contributed by atoms with Gasteiger partial charge in [0.25, 0.3) is 0 Å². The largest absolute Gasteiger partial charge is 0.465 e. The normalized spacial score (nSPS) is 21.3. The van der Waals surface area contributed by atoms with Gasteiger partial charge in [0, 0.05) is 6.54 Å². The first-order chi connectivity index (χ1) is 8.51. The number of nitrogens with one attached hydrogen (secondary N) is 1. The second-order valence-corrected chi connectivity index (χ2v) is 4.28. The van der Waals surface area contributed by atoms with Crippen molar-refractivity contribution in [1.29, 1.82) is 0 Å². The smallest absolute Gasteiger partial charge is 0.322 e. The van der Waals surface area contributed by atoms with Crippen LogP contribution in [0.4, 0.5) is 0 Å². The summed E-state index contributed by atoms with van der Waals surface area (Å²) in [4.78, 5) is 36.2. The van der Waals surface area contributed by atoms with Gasteiger partial charge in [0.1, 0.15) is 6.04 Å². The highest BCUT2D eigenvalue weighted by Gasteiger charge is 2.39. The Bertz CT molecular complexity index is 343. The molecule has 1 saturated heterocycles. The fourth-order valence-corrected chi connectivity index (χ4v) is 1.91. The number of carbonyl (C=O) groups excluding carboxylic acids is 3. The lowest BCUT2D eigenvalue weighted by Gasteiger charge is -2.17. The maximum atomic E-state index is 11.9. The van der Waals surface area contributed by atoms with Gasteiger partial charge < -0.3 is 4.74 Å². The maximum absolute atomic E-state index is 11.9. The van der Waals surface area contributed by atoms with Crippen LogP contribution in [0, 0.1) is 0 Å². The van der Waals surface area contributed by atoms with E-state index in [0.29, 0.717) is 13.2 Å². The summed E-state index contributed by atoms with van der Waals surface area (Å²) < 4.78 is 4.84. The van der Waals surface area contributed by atoms with Crippen LogP contribution in [0.3, 0.4) is 0 Å². The SMILES string of the molecule is CCCN1C(=O)CC(NC(C)C(=O)OCC)C1=O. The van der Waals surface area contributed by atoms with Crippen LogP contribution >= 0.6 is 0 Å². The summed E-state index contributed by atoms with van der Waals surface area (Å²) in [6.07, 6.45) is 0.847. The molecule has 18 heavy (non-hydrogen) atoms. The van der Waals surface area contributed by atoms with Crippen LogP contribution in [0.1, 0.15) is 33.6 Å². The quantitative estimate of drug-likeness (QED) is 0.537. The minimum atomic E-state index is -0.608. The monoisotopic (exact) mass is 256 g/mol. The zero-order valence-corrected chi connectivity index (χ0v) is 11.1. The van der Waals surface area contributed by atoms with Crippen LogP contribution in [0.2, 0.25) is 0 Å². The summed E-state index contributed by atoms with van der Waals surface area (Å²) in [6.45, 7) is 5.98. The van der Waals surface area contributed by atoms with E-state index in [1.165, 1.54) is 4.90 Å². The first-order valence-electron chi connectivity index (χ1n) is 6.28. The molecule has 0 spiro atoms. The Kier molecular flexibility index (Phi) is 5.27. The van der Waals surface area contributed by atoms with Crippen LogP contribution in [-0.2, 0) is 19.1 Å². The Labute approximate surface area is 107 Å². The van der Waals surface area contributed by atoms with Crippen LogP contribution in [0.25, 0.3) is 0 Å². The van der Waals surface area contributed by atoms with Gasteiger partial charge in [-0.3, -0.25) is 24.6 Å². The fourth-order valence-electron chi connectivity index (χ4n) is 1.91. The van der Waals surface area contributed by atoms with Gasteiger partial charge in [0.2, 0.25) is 11.8 Å². The molecule has 1 fully saturated rings. The Hall–Kier alpha value is -1.43. The molecule has 6 nitrogen and oxygen atoms in total. The molecule has 6 heteroatoms. The zero-order valence-electron chi connectivity index (χ0n) is 11.1. The highest BCUT2D eigenvalue weighted by atomic mass is 16.5. The van der Waals surface area contributed by atoms with Gasteiger partial charge >= 0.3 is 5.97 Å². The lowest BCUT2D eigenvalue weighted by atomic mass is 10.2. The average Bonchev–Trinajstić information content (AvgIpc) is 2.57. The first-order valence-corrected chi connectivity index (χ1v) is 6.28. The van der Waals surface area contributed by atoms with Gasteiger partial charge in [-0.2, -0.15) is 0 Å². The van der Waals surface area contributed by atoms with Crippen molar-refractivity contribution in [1.82, 2.24) is 10.2 Å². The topological polar surface area (TPSA) is 75.7 Å². The molecule has 2 unspecified atom stereocenters. The number of carbonyl (C=O) groups is 3. The van der Waals surface area contributed by atoms with Crippen molar-refractivity contribution in [2.75, 3.05) is 13.2 Å². The lowest BCUT2D eigenvalue weighted by Crippen LogP contribution is -2.46. The van der Waals surface area contributed by atoms with E-state index in [-0.39, 0.29) is 18.2 Å². The van der Waals surface area contributed by atoms with Crippen LogP contribution in [-0.4, -0.2) is 47.9 Å². The maximum Gasteiger partial charge on any atom is 0.322 e. The van der Waals surface area contributed by atoms with E-state index in [9.17, 15) is 14.4 Å². The summed E-state index contributed by atoms with van der Waals surface area (Å²) in [6, 6.07) is -1.20. The Morgan fingerprint density at radius 3 is 2.72 bits per heavy atom. The number of imide groups is 1. The van der Waals surface area contributed by atoms with Crippen molar-refractivity contribution < 1.29 is 19.1 Å². The molecule has 2 atom stereocenters. The van der Waals surface area contributed by atoms with E-state index in [0.717, 1.165) is 6.42 Å². The average molecular weight is 256 g/mol. The molecule has 0 aromatic heterocycles. The molecule has 102 valence electrons. The molecule has 0 aromatic carbocycles. The molecule has 0 aliphatic carbocycles. The number of nitrogens with zero attached hydrogens (tertiary/aromatic N) is 1. The Balaban J connectivity index is 2.56. The van der Waals surface area contributed by atoms with Crippen molar-refractivity contribution >= 4 is 17.8 Å². The predicted octanol–water partition coefficient (Wildman–Crippen LogP) is 0.0651.